The van der Waals surface area contributed by atoms with Crippen LogP contribution >= 0.6 is 0 Å². The molecule has 1 aliphatic rings. The van der Waals surface area contributed by atoms with E-state index in [-0.39, 0.29) is 0 Å². The maximum atomic E-state index is 13.4. The Kier molecular flexibility index (Phi) is 7.72. The summed E-state index contributed by atoms with van der Waals surface area (Å²) in [5.74, 6) is 0. The van der Waals surface area contributed by atoms with Gasteiger partial charge in [0.05, 0.1) is 15.2 Å². The first-order chi connectivity index (χ1) is 12.4. The van der Waals surface area contributed by atoms with Crippen molar-refractivity contribution in [2.75, 3.05) is 0 Å². The molecule has 2 rings (SSSR count). The van der Waals surface area contributed by atoms with Crippen LogP contribution in [0.4, 0.5) is 0 Å². The minimum atomic E-state index is -3.42. The van der Waals surface area contributed by atoms with E-state index in [1.54, 1.807) is 24.3 Å². The minimum absolute atomic E-state index is 0.395. The minimum Gasteiger partial charge on any atom is -0.390 e. The second-order valence-corrected chi connectivity index (χ2v) is 10.5. The largest absolute Gasteiger partial charge is 0.390 e. The fraction of sp³-hybridized carbons (Fsp3) is 0.727. The van der Waals surface area contributed by atoms with Gasteiger partial charge in [0.2, 0.25) is 0 Å². The van der Waals surface area contributed by atoms with Crippen LogP contribution in [0.3, 0.4) is 0 Å². The summed E-state index contributed by atoms with van der Waals surface area (Å²) in [7, 11) is -3.42. The molecular weight excluding hydrogens is 344 g/mol. The third-order valence-electron chi connectivity index (χ3n) is 5.91. The Bertz CT molecular complexity index is 631. The molecule has 0 aliphatic heterocycles. The molecule has 26 heavy (non-hydrogen) atoms. The molecule has 1 N–H and O–H groups in total. The van der Waals surface area contributed by atoms with Gasteiger partial charge in [-0.1, -0.05) is 83.4 Å². The molecule has 0 saturated heterocycles. The zero-order valence-electron chi connectivity index (χ0n) is 16.5. The molecule has 0 atom stereocenters. The van der Waals surface area contributed by atoms with Crippen LogP contribution in [0.1, 0.15) is 90.9 Å². The number of unbranched alkanes of at least 4 members (excludes halogenated alkanes) is 6. The summed E-state index contributed by atoms with van der Waals surface area (Å²) in [5, 5.41) is 10.8. The maximum absolute atomic E-state index is 13.4. The van der Waals surface area contributed by atoms with Crippen LogP contribution in [0.2, 0.25) is 0 Å². The molecule has 148 valence electrons. The van der Waals surface area contributed by atoms with Crippen molar-refractivity contribution in [2.45, 2.75) is 106 Å². The molecule has 0 spiro atoms. The Labute approximate surface area is 160 Å². The third kappa shape index (κ3) is 4.89. The first-order valence-electron chi connectivity index (χ1n) is 10.4. The first kappa shape index (κ1) is 21.4. The highest BCUT2D eigenvalue weighted by molar-refractivity contribution is 7.93. The van der Waals surface area contributed by atoms with E-state index in [0.29, 0.717) is 30.6 Å². The lowest BCUT2D eigenvalue weighted by atomic mass is 9.66. The molecule has 0 radical (unpaired) electrons. The van der Waals surface area contributed by atoms with Crippen LogP contribution in [0.15, 0.2) is 35.2 Å². The number of benzene rings is 1. The summed E-state index contributed by atoms with van der Waals surface area (Å²) in [6.45, 7) is 4.30. The van der Waals surface area contributed by atoms with Crippen molar-refractivity contribution in [1.82, 2.24) is 0 Å². The van der Waals surface area contributed by atoms with Crippen molar-refractivity contribution in [1.29, 1.82) is 0 Å². The highest BCUT2D eigenvalue weighted by Gasteiger charge is 2.60. The van der Waals surface area contributed by atoms with Gasteiger partial charge >= 0.3 is 0 Å². The monoisotopic (exact) mass is 380 g/mol. The van der Waals surface area contributed by atoms with Gasteiger partial charge in [0, 0.05) is 0 Å². The van der Waals surface area contributed by atoms with Gasteiger partial charge in [0.1, 0.15) is 0 Å². The predicted octanol–water partition coefficient (Wildman–Crippen LogP) is 5.66. The molecule has 1 saturated carbocycles. The molecule has 3 nitrogen and oxygen atoms in total. The Morgan fingerprint density at radius 1 is 0.846 bits per heavy atom. The molecule has 1 aromatic rings. The molecule has 1 fully saturated rings. The molecule has 1 aromatic carbocycles. The molecule has 0 heterocycles. The fourth-order valence-corrected chi connectivity index (χ4v) is 6.75. The van der Waals surface area contributed by atoms with Crippen LogP contribution in [0, 0.1) is 0 Å². The Hall–Kier alpha value is -0.870. The van der Waals surface area contributed by atoms with Gasteiger partial charge in [0.15, 0.2) is 9.84 Å². The van der Waals surface area contributed by atoms with Crippen molar-refractivity contribution in [3.63, 3.8) is 0 Å². The average molecular weight is 381 g/mol. The van der Waals surface area contributed by atoms with Gasteiger partial charge in [-0.05, 0) is 37.8 Å². The fourth-order valence-electron chi connectivity index (χ4n) is 4.41. The van der Waals surface area contributed by atoms with E-state index >= 15 is 0 Å². The summed E-state index contributed by atoms with van der Waals surface area (Å²) in [5.41, 5.74) is -0.792. The van der Waals surface area contributed by atoms with Crippen LogP contribution < -0.4 is 0 Å². The van der Waals surface area contributed by atoms with E-state index in [4.69, 9.17) is 0 Å². The van der Waals surface area contributed by atoms with E-state index in [1.165, 1.54) is 25.7 Å². The van der Waals surface area contributed by atoms with Crippen LogP contribution in [0.5, 0.6) is 0 Å². The Balaban J connectivity index is 2.08. The Morgan fingerprint density at radius 2 is 1.42 bits per heavy atom. The predicted molar refractivity (Wildman–Crippen MR) is 108 cm³/mol. The number of sulfone groups is 1. The normalized spacial score (nSPS) is 25.8. The van der Waals surface area contributed by atoms with Crippen molar-refractivity contribution in [3.05, 3.63) is 30.3 Å². The van der Waals surface area contributed by atoms with Crippen molar-refractivity contribution in [2.24, 2.45) is 0 Å². The zero-order chi connectivity index (χ0) is 19.1. The van der Waals surface area contributed by atoms with E-state index in [0.717, 1.165) is 25.7 Å². The van der Waals surface area contributed by atoms with E-state index in [9.17, 15) is 13.5 Å². The summed E-state index contributed by atoms with van der Waals surface area (Å²) < 4.78 is 25.9. The molecule has 0 bridgehead atoms. The summed E-state index contributed by atoms with van der Waals surface area (Å²) in [6.07, 6.45) is 11.0. The van der Waals surface area contributed by atoms with Crippen LogP contribution in [0.25, 0.3) is 0 Å². The van der Waals surface area contributed by atoms with E-state index < -0.39 is 20.2 Å². The lowest BCUT2D eigenvalue weighted by Gasteiger charge is -2.53. The van der Waals surface area contributed by atoms with E-state index in [1.807, 2.05) is 6.07 Å². The first-order valence-corrected chi connectivity index (χ1v) is 11.9. The standard InChI is InChI=1S/C22H36O3S/c1-3-5-7-8-9-13-17-22(18-21(23,19-22)16-6-4-2)26(24,25)20-14-11-10-12-15-20/h10-12,14-15,23H,3-9,13,16-19H2,1-2H3. The Morgan fingerprint density at radius 3 is 2.04 bits per heavy atom. The number of hydrogen-bond acceptors (Lipinski definition) is 3. The van der Waals surface area contributed by atoms with Crippen molar-refractivity contribution in [3.8, 4) is 0 Å². The van der Waals surface area contributed by atoms with Crippen molar-refractivity contribution >= 4 is 9.84 Å². The molecular formula is C22H36O3S. The van der Waals surface area contributed by atoms with Gasteiger partial charge in [0.25, 0.3) is 0 Å². The second-order valence-electron chi connectivity index (χ2n) is 8.20. The van der Waals surface area contributed by atoms with Gasteiger partial charge in [-0.2, -0.15) is 0 Å². The maximum Gasteiger partial charge on any atom is 0.184 e. The SMILES string of the molecule is CCCCCCCCC1(S(=O)(=O)c2ccccc2)CC(O)(CCCC)C1. The number of rotatable bonds is 12. The molecule has 0 amide bonds. The highest BCUT2D eigenvalue weighted by Crippen LogP contribution is 2.53. The second kappa shape index (κ2) is 9.36. The van der Waals surface area contributed by atoms with E-state index in [2.05, 4.69) is 13.8 Å². The molecule has 4 heteroatoms. The third-order valence-corrected chi connectivity index (χ3v) is 8.43. The van der Waals surface area contributed by atoms with Gasteiger partial charge in [-0.25, -0.2) is 8.42 Å². The highest BCUT2D eigenvalue weighted by atomic mass is 32.2. The van der Waals surface area contributed by atoms with Gasteiger partial charge in [-0.3, -0.25) is 0 Å². The lowest BCUT2D eigenvalue weighted by molar-refractivity contribution is -0.0714. The topological polar surface area (TPSA) is 54.4 Å². The molecule has 0 aromatic heterocycles. The van der Waals surface area contributed by atoms with Crippen LogP contribution in [-0.2, 0) is 9.84 Å². The zero-order valence-corrected chi connectivity index (χ0v) is 17.4. The molecule has 1 aliphatic carbocycles. The number of hydrogen-bond donors (Lipinski definition) is 1. The molecule has 0 unspecified atom stereocenters. The van der Waals surface area contributed by atoms with Gasteiger partial charge in [-0.15, -0.1) is 0 Å². The summed E-state index contributed by atoms with van der Waals surface area (Å²) in [6, 6.07) is 8.81. The number of aliphatic hydroxyl groups is 1. The van der Waals surface area contributed by atoms with Crippen LogP contribution in [-0.4, -0.2) is 23.9 Å². The summed E-state index contributed by atoms with van der Waals surface area (Å²) in [4.78, 5) is 0.406. The summed E-state index contributed by atoms with van der Waals surface area (Å²) >= 11 is 0. The van der Waals surface area contributed by atoms with Crippen molar-refractivity contribution < 1.29 is 13.5 Å². The smallest absolute Gasteiger partial charge is 0.184 e. The quantitative estimate of drug-likeness (QED) is 0.476. The lowest BCUT2D eigenvalue weighted by Crippen LogP contribution is -2.60. The average Bonchev–Trinajstić information content (AvgIpc) is 2.61. The van der Waals surface area contributed by atoms with Gasteiger partial charge < -0.3 is 5.11 Å².